The van der Waals surface area contributed by atoms with Crippen LogP contribution in [0.15, 0.2) is 35.3 Å². The summed E-state index contributed by atoms with van der Waals surface area (Å²) in [6.45, 7) is 5.93. The first-order chi connectivity index (χ1) is 15.4. The third kappa shape index (κ3) is 8.21. The zero-order valence-electron chi connectivity index (χ0n) is 18.9. The molecule has 1 aromatic heterocycles. The lowest BCUT2D eigenvalue weighted by Gasteiger charge is -2.17. The number of aromatic nitrogens is 2. The van der Waals surface area contributed by atoms with E-state index in [1.165, 1.54) is 19.2 Å². The Labute approximate surface area is 190 Å². The van der Waals surface area contributed by atoms with E-state index in [2.05, 4.69) is 29.5 Å². The van der Waals surface area contributed by atoms with Crippen LogP contribution in [0, 0.1) is 0 Å². The van der Waals surface area contributed by atoms with E-state index in [1.807, 2.05) is 0 Å². The van der Waals surface area contributed by atoms with Crippen molar-refractivity contribution >= 4 is 14.0 Å². The SMILES string of the molecule is COC(=O)c1cccc(OCCOc2cnn(COCC[Si](C)(C)C)c(=O)c2C(F)(F)F)c1. The number of alkyl halides is 3. The van der Waals surface area contributed by atoms with Crippen molar-refractivity contribution in [2.24, 2.45) is 0 Å². The molecule has 0 N–H and O–H groups in total. The zero-order valence-corrected chi connectivity index (χ0v) is 19.9. The van der Waals surface area contributed by atoms with Gasteiger partial charge in [0.15, 0.2) is 11.3 Å². The predicted molar refractivity (Wildman–Crippen MR) is 116 cm³/mol. The highest BCUT2D eigenvalue weighted by molar-refractivity contribution is 6.76. The fraction of sp³-hybridized carbons (Fsp3) is 0.476. The molecule has 0 atom stereocenters. The summed E-state index contributed by atoms with van der Waals surface area (Å²) in [5.41, 5.74) is -2.55. The van der Waals surface area contributed by atoms with Crippen molar-refractivity contribution in [1.82, 2.24) is 9.78 Å². The average Bonchev–Trinajstić information content (AvgIpc) is 2.73. The highest BCUT2D eigenvalue weighted by atomic mass is 28.3. The molecule has 0 saturated carbocycles. The third-order valence-electron chi connectivity index (χ3n) is 4.37. The Morgan fingerprint density at radius 1 is 1.12 bits per heavy atom. The minimum absolute atomic E-state index is 0.134. The Balaban J connectivity index is 2.02. The summed E-state index contributed by atoms with van der Waals surface area (Å²) in [5.74, 6) is -0.943. The number of halogens is 3. The number of carbonyl (C=O) groups is 1. The fourth-order valence-corrected chi connectivity index (χ4v) is 3.36. The molecule has 0 amide bonds. The van der Waals surface area contributed by atoms with E-state index >= 15 is 0 Å². The topological polar surface area (TPSA) is 88.9 Å². The molecule has 0 spiro atoms. The Morgan fingerprint density at radius 3 is 2.45 bits per heavy atom. The first kappa shape index (κ1) is 26.4. The second-order valence-corrected chi connectivity index (χ2v) is 13.9. The lowest BCUT2D eigenvalue weighted by atomic mass is 10.2. The number of methoxy groups -OCH3 is 1. The van der Waals surface area contributed by atoms with Gasteiger partial charge in [-0.05, 0) is 24.2 Å². The van der Waals surface area contributed by atoms with Gasteiger partial charge in [0.2, 0.25) is 0 Å². The van der Waals surface area contributed by atoms with Crippen LogP contribution >= 0.6 is 0 Å². The highest BCUT2D eigenvalue weighted by Crippen LogP contribution is 2.33. The molecule has 0 aliphatic rings. The van der Waals surface area contributed by atoms with Gasteiger partial charge in [0.1, 0.15) is 25.7 Å². The quantitative estimate of drug-likeness (QED) is 0.270. The van der Waals surface area contributed by atoms with Crippen LogP contribution in [-0.4, -0.2) is 50.8 Å². The van der Waals surface area contributed by atoms with Crippen molar-refractivity contribution in [3.63, 3.8) is 0 Å². The Kier molecular flexibility index (Phi) is 9.05. The monoisotopic (exact) mass is 488 g/mol. The predicted octanol–water partition coefficient (Wildman–Crippen LogP) is 3.82. The van der Waals surface area contributed by atoms with Crippen LogP contribution < -0.4 is 15.0 Å². The molecule has 8 nitrogen and oxygen atoms in total. The van der Waals surface area contributed by atoms with Crippen molar-refractivity contribution in [2.45, 2.75) is 38.6 Å². The second kappa shape index (κ2) is 11.3. The number of carbonyl (C=O) groups excluding carboxylic acids is 1. The molecule has 0 radical (unpaired) electrons. The van der Waals surface area contributed by atoms with E-state index < -0.39 is 37.1 Å². The Hall–Kier alpha value is -2.86. The maximum Gasteiger partial charge on any atom is 0.425 e. The molecule has 33 heavy (non-hydrogen) atoms. The highest BCUT2D eigenvalue weighted by Gasteiger charge is 2.39. The van der Waals surface area contributed by atoms with Crippen molar-refractivity contribution < 1.29 is 36.9 Å². The van der Waals surface area contributed by atoms with E-state index in [4.69, 9.17) is 14.2 Å². The number of esters is 1. The maximum atomic E-state index is 13.5. The summed E-state index contributed by atoms with van der Waals surface area (Å²) in [6.07, 6.45) is -4.10. The number of rotatable bonds is 11. The summed E-state index contributed by atoms with van der Waals surface area (Å²) in [7, 11) is -0.141. The van der Waals surface area contributed by atoms with Crippen molar-refractivity contribution in [1.29, 1.82) is 0 Å². The van der Waals surface area contributed by atoms with Gasteiger partial charge in [-0.25, -0.2) is 9.48 Å². The van der Waals surface area contributed by atoms with E-state index in [9.17, 15) is 22.8 Å². The van der Waals surface area contributed by atoms with Gasteiger partial charge >= 0.3 is 12.1 Å². The van der Waals surface area contributed by atoms with E-state index in [0.717, 1.165) is 12.2 Å². The molecule has 0 bridgehead atoms. The van der Waals surface area contributed by atoms with Gasteiger partial charge in [0.05, 0.1) is 18.9 Å². The Bertz CT molecular complexity index is 1000. The van der Waals surface area contributed by atoms with Crippen LogP contribution in [0.5, 0.6) is 11.5 Å². The number of ether oxygens (including phenoxy) is 4. The van der Waals surface area contributed by atoms with Crippen molar-refractivity contribution in [2.75, 3.05) is 26.9 Å². The molecule has 2 rings (SSSR count). The fourth-order valence-electron chi connectivity index (χ4n) is 2.61. The number of nitrogens with zero attached hydrogens (tertiary/aromatic N) is 2. The molecule has 0 fully saturated rings. The Morgan fingerprint density at radius 2 is 1.82 bits per heavy atom. The summed E-state index contributed by atoms with van der Waals surface area (Å²) in [6, 6.07) is 6.90. The van der Waals surface area contributed by atoms with Crippen LogP contribution in [0.25, 0.3) is 0 Å². The summed E-state index contributed by atoms with van der Waals surface area (Å²) in [5, 5.41) is 3.74. The van der Waals surface area contributed by atoms with E-state index in [1.54, 1.807) is 12.1 Å². The lowest BCUT2D eigenvalue weighted by molar-refractivity contribution is -0.140. The summed E-state index contributed by atoms with van der Waals surface area (Å²) in [4.78, 5) is 23.9. The van der Waals surface area contributed by atoms with Crippen LogP contribution in [0.4, 0.5) is 13.2 Å². The van der Waals surface area contributed by atoms with Gasteiger partial charge in [-0.2, -0.15) is 18.3 Å². The van der Waals surface area contributed by atoms with Crippen molar-refractivity contribution in [3.05, 3.63) is 51.9 Å². The molecule has 2 aromatic rings. The van der Waals surface area contributed by atoms with Gasteiger partial charge < -0.3 is 18.9 Å². The molecule has 1 heterocycles. The van der Waals surface area contributed by atoms with Crippen LogP contribution in [-0.2, 0) is 22.4 Å². The van der Waals surface area contributed by atoms with E-state index in [0.29, 0.717) is 17.0 Å². The number of hydrogen-bond acceptors (Lipinski definition) is 7. The molecular weight excluding hydrogens is 461 g/mol. The zero-order chi connectivity index (χ0) is 24.6. The van der Waals surface area contributed by atoms with E-state index in [-0.39, 0.29) is 25.5 Å². The molecule has 182 valence electrons. The molecular formula is C21H27F3N2O6Si. The standard InChI is InChI=1S/C21H27F3N2O6Si/c1-29-20(28)15-6-5-7-16(12-15)31-8-9-32-17-13-25-26(14-30-10-11-33(2,3)4)19(27)18(17)21(22,23)24/h5-7,12-13H,8-11,14H2,1-4H3. The second-order valence-electron chi connectivity index (χ2n) is 8.25. The van der Waals surface area contributed by atoms with Gasteiger partial charge in [-0.15, -0.1) is 0 Å². The molecule has 1 aromatic carbocycles. The average molecular weight is 489 g/mol. The molecule has 0 aliphatic carbocycles. The number of benzene rings is 1. The minimum Gasteiger partial charge on any atom is -0.490 e. The maximum absolute atomic E-state index is 13.5. The third-order valence-corrected chi connectivity index (χ3v) is 6.07. The van der Waals surface area contributed by atoms with Crippen molar-refractivity contribution in [3.8, 4) is 11.5 Å². The lowest BCUT2D eigenvalue weighted by Crippen LogP contribution is -2.32. The van der Waals surface area contributed by atoms with Crippen LogP contribution in [0.1, 0.15) is 15.9 Å². The first-order valence-electron chi connectivity index (χ1n) is 10.1. The van der Waals surface area contributed by atoms with Gasteiger partial charge in [0.25, 0.3) is 5.56 Å². The van der Waals surface area contributed by atoms with Crippen LogP contribution in [0.3, 0.4) is 0 Å². The first-order valence-corrected chi connectivity index (χ1v) is 13.8. The van der Waals surface area contributed by atoms with Gasteiger partial charge in [-0.3, -0.25) is 4.79 Å². The molecule has 0 saturated heterocycles. The summed E-state index contributed by atoms with van der Waals surface area (Å²) >= 11 is 0. The molecule has 12 heteroatoms. The number of hydrogen-bond donors (Lipinski definition) is 0. The molecule has 0 unspecified atom stereocenters. The normalized spacial score (nSPS) is 11.8. The van der Waals surface area contributed by atoms with Gasteiger partial charge in [0, 0.05) is 14.7 Å². The van der Waals surface area contributed by atoms with Gasteiger partial charge in [-0.1, -0.05) is 25.7 Å². The summed E-state index contributed by atoms with van der Waals surface area (Å²) < 4.78 is 61.7. The smallest absolute Gasteiger partial charge is 0.425 e. The largest absolute Gasteiger partial charge is 0.490 e. The minimum atomic E-state index is -4.94. The van der Waals surface area contributed by atoms with Crippen LogP contribution in [0.2, 0.25) is 25.7 Å². The molecule has 0 aliphatic heterocycles.